The van der Waals surface area contributed by atoms with Crippen LogP contribution in [0.1, 0.15) is 46.7 Å². The first-order valence-electron chi connectivity index (χ1n) is 12.2. The predicted octanol–water partition coefficient (Wildman–Crippen LogP) is 6.11. The second-order valence-electron chi connectivity index (χ2n) is 9.01. The van der Waals surface area contributed by atoms with Gasteiger partial charge in [-0.1, -0.05) is 17.7 Å². The van der Waals surface area contributed by atoms with Crippen molar-refractivity contribution in [2.45, 2.75) is 34.6 Å². The molecule has 1 amide bonds. The number of benzene rings is 2. The summed E-state index contributed by atoms with van der Waals surface area (Å²) in [5.41, 5.74) is 6.26. The Hall–Kier alpha value is -4.10. The van der Waals surface area contributed by atoms with Gasteiger partial charge in [0.25, 0.3) is 5.91 Å². The number of aryl methyl sites for hydroxylation is 2. The van der Waals surface area contributed by atoms with Gasteiger partial charge in [0.15, 0.2) is 0 Å². The van der Waals surface area contributed by atoms with Crippen LogP contribution in [0.4, 0.5) is 5.69 Å². The summed E-state index contributed by atoms with van der Waals surface area (Å²) in [5, 5.41) is 0.664. The van der Waals surface area contributed by atoms with Crippen molar-refractivity contribution in [1.82, 2.24) is 4.57 Å². The zero-order valence-corrected chi connectivity index (χ0v) is 23.0. The van der Waals surface area contributed by atoms with E-state index in [1.54, 1.807) is 44.2 Å². The van der Waals surface area contributed by atoms with Crippen molar-refractivity contribution in [2.75, 3.05) is 18.6 Å². The summed E-state index contributed by atoms with van der Waals surface area (Å²) in [6.07, 6.45) is 1.72. The summed E-state index contributed by atoms with van der Waals surface area (Å²) in [6.45, 7) is 9.57. The van der Waals surface area contributed by atoms with Crippen LogP contribution in [0.25, 0.3) is 11.8 Å². The minimum absolute atomic E-state index is 0.190. The molecule has 0 aliphatic carbocycles. The van der Waals surface area contributed by atoms with Crippen LogP contribution in [0, 0.1) is 20.8 Å². The van der Waals surface area contributed by atoms with Crippen LogP contribution < -0.4 is 4.90 Å². The van der Waals surface area contributed by atoms with E-state index in [0.717, 1.165) is 28.2 Å². The standard InChI is InChI=1S/C30H29ClN2O5/c1-7-38-29(35)21-9-12-23(13-10-21)33-20(5)27(30(36)37-6)25(28(33)34)15-22-14-18(3)32(19(22)4)24-11-8-17(2)26(31)16-24/h8-16H,7H2,1-6H3/b25-15-. The molecule has 4 rings (SSSR count). The molecule has 0 unspecified atom stereocenters. The third-order valence-corrected chi connectivity index (χ3v) is 7.02. The molecule has 38 heavy (non-hydrogen) atoms. The lowest BCUT2D eigenvalue weighted by Gasteiger charge is -2.18. The molecule has 196 valence electrons. The van der Waals surface area contributed by atoms with Crippen LogP contribution in [0.2, 0.25) is 5.02 Å². The molecule has 3 aromatic rings. The fourth-order valence-electron chi connectivity index (χ4n) is 4.66. The van der Waals surface area contributed by atoms with Gasteiger partial charge in [-0.2, -0.15) is 0 Å². The molecule has 8 heteroatoms. The summed E-state index contributed by atoms with van der Waals surface area (Å²) in [4.78, 5) is 40.0. The Morgan fingerprint density at radius 3 is 2.21 bits per heavy atom. The topological polar surface area (TPSA) is 77.8 Å². The second kappa shape index (κ2) is 10.7. The van der Waals surface area contributed by atoms with Crippen molar-refractivity contribution in [3.63, 3.8) is 0 Å². The van der Waals surface area contributed by atoms with Gasteiger partial charge in [-0.3, -0.25) is 9.69 Å². The molecule has 1 aliphatic heterocycles. The Morgan fingerprint density at radius 2 is 1.61 bits per heavy atom. The van der Waals surface area contributed by atoms with E-state index >= 15 is 0 Å². The molecular weight excluding hydrogens is 504 g/mol. The van der Waals surface area contributed by atoms with Gasteiger partial charge in [0.2, 0.25) is 0 Å². The Morgan fingerprint density at radius 1 is 0.947 bits per heavy atom. The number of hydrogen-bond donors (Lipinski definition) is 0. The maximum absolute atomic E-state index is 13.7. The highest BCUT2D eigenvalue weighted by Crippen LogP contribution is 2.36. The van der Waals surface area contributed by atoms with Crippen LogP contribution >= 0.6 is 11.6 Å². The van der Waals surface area contributed by atoms with Crippen LogP contribution in [-0.4, -0.2) is 36.1 Å². The van der Waals surface area contributed by atoms with Crippen molar-refractivity contribution in [2.24, 2.45) is 0 Å². The van der Waals surface area contributed by atoms with E-state index in [2.05, 4.69) is 4.57 Å². The highest BCUT2D eigenvalue weighted by molar-refractivity contribution is 6.31. The zero-order valence-electron chi connectivity index (χ0n) is 22.2. The number of carbonyl (C=O) groups excluding carboxylic acids is 3. The van der Waals surface area contributed by atoms with Gasteiger partial charge < -0.3 is 14.0 Å². The van der Waals surface area contributed by atoms with Crippen LogP contribution in [0.3, 0.4) is 0 Å². The lowest BCUT2D eigenvalue weighted by Crippen LogP contribution is -2.24. The molecule has 0 radical (unpaired) electrons. The summed E-state index contributed by atoms with van der Waals surface area (Å²) < 4.78 is 12.1. The van der Waals surface area contributed by atoms with Gasteiger partial charge in [-0.15, -0.1) is 0 Å². The summed E-state index contributed by atoms with van der Waals surface area (Å²) in [5.74, 6) is -1.41. The van der Waals surface area contributed by atoms with Crippen LogP contribution in [0.5, 0.6) is 0 Å². The predicted molar refractivity (Wildman–Crippen MR) is 148 cm³/mol. The number of allylic oxidation sites excluding steroid dienone is 1. The average Bonchev–Trinajstić information content (AvgIpc) is 3.31. The van der Waals surface area contributed by atoms with Crippen LogP contribution in [-0.2, 0) is 19.1 Å². The van der Waals surface area contributed by atoms with Gasteiger partial charge in [-0.25, -0.2) is 9.59 Å². The van der Waals surface area contributed by atoms with Crippen molar-refractivity contribution in [3.05, 3.63) is 98.5 Å². The molecule has 7 nitrogen and oxygen atoms in total. The Balaban J connectivity index is 1.78. The summed E-state index contributed by atoms with van der Waals surface area (Å²) in [6, 6.07) is 14.3. The van der Waals surface area contributed by atoms with Crippen molar-refractivity contribution < 1.29 is 23.9 Å². The van der Waals surface area contributed by atoms with E-state index in [4.69, 9.17) is 21.1 Å². The average molecular weight is 533 g/mol. The number of rotatable bonds is 6. The lowest BCUT2D eigenvalue weighted by atomic mass is 10.0. The summed E-state index contributed by atoms with van der Waals surface area (Å²) >= 11 is 6.38. The Bertz CT molecular complexity index is 1510. The van der Waals surface area contributed by atoms with Gasteiger partial charge >= 0.3 is 11.9 Å². The number of amides is 1. The maximum Gasteiger partial charge on any atom is 0.340 e. The van der Waals surface area contributed by atoms with Crippen molar-refractivity contribution in [3.8, 4) is 5.69 Å². The molecule has 0 atom stereocenters. The molecule has 0 spiro atoms. The molecule has 0 saturated carbocycles. The number of ether oxygens (including phenoxy) is 2. The molecule has 2 heterocycles. The lowest BCUT2D eigenvalue weighted by molar-refractivity contribution is -0.136. The van der Waals surface area contributed by atoms with Crippen molar-refractivity contribution in [1.29, 1.82) is 0 Å². The smallest absolute Gasteiger partial charge is 0.340 e. The van der Waals surface area contributed by atoms with Crippen molar-refractivity contribution >= 4 is 41.2 Å². The van der Waals surface area contributed by atoms with E-state index in [1.807, 2.05) is 45.0 Å². The minimum Gasteiger partial charge on any atom is -0.465 e. The number of nitrogens with zero attached hydrogens (tertiary/aromatic N) is 2. The first kappa shape index (κ1) is 26.9. The molecule has 0 saturated heterocycles. The number of anilines is 1. The molecule has 0 fully saturated rings. The van der Waals surface area contributed by atoms with E-state index in [-0.39, 0.29) is 23.7 Å². The Kier molecular flexibility index (Phi) is 7.60. The van der Waals surface area contributed by atoms with Gasteiger partial charge in [-0.05, 0) is 94.3 Å². The van der Waals surface area contributed by atoms with Gasteiger partial charge in [0.05, 0.1) is 30.4 Å². The number of aromatic nitrogens is 1. The molecule has 1 aliphatic rings. The maximum atomic E-state index is 13.7. The highest BCUT2D eigenvalue weighted by Gasteiger charge is 2.38. The Labute approximate surface area is 226 Å². The first-order chi connectivity index (χ1) is 18.1. The highest BCUT2D eigenvalue weighted by atomic mass is 35.5. The molecule has 0 bridgehead atoms. The third kappa shape index (κ3) is 4.77. The van der Waals surface area contributed by atoms with Crippen LogP contribution in [0.15, 0.2) is 65.4 Å². The fourth-order valence-corrected chi connectivity index (χ4v) is 4.83. The fraction of sp³-hybridized carbons (Fsp3) is 0.233. The number of carbonyl (C=O) groups is 3. The second-order valence-corrected chi connectivity index (χ2v) is 9.42. The van der Waals surface area contributed by atoms with Gasteiger partial charge in [0.1, 0.15) is 0 Å². The first-order valence-corrected chi connectivity index (χ1v) is 12.5. The SMILES string of the molecule is CCOC(=O)c1ccc(N2C(=O)/C(=C\c3cc(C)n(-c4ccc(C)c(Cl)c4)c3C)C(C(=O)OC)=C2C)cc1. The monoisotopic (exact) mass is 532 g/mol. The molecule has 0 N–H and O–H groups in total. The molecule has 1 aromatic heterocycles. The number of esters is 2. The molecular formula is C30H29ClN2O5. The third-order valence-electron chi connectivity index (χ3n) is 6.61. The molecule has 2 aromatic carbocycles. The number of halogens is 1. The van der Waals surface area contributed by atoms with Gasteiger partial charge in [0, 0.05) is 33.5 Å². The largest absolute Gasteiger partial charge is 0.465 e. The van der Waals surface area contributed by atoms with E-state index in [1.165, 1.54) is 12.0 Å². The summed E-state index contributed by atoms with van der Waals surface area (Å²) in [7, 11) is 1.29. The normalized spacial score (nSPS) is 14.4. The van der Waals surface area contributed by atoms with E-state index in [0.29, 0.717) is 22.0 Å². The number of hydrogen-bond acceptors (Lipinski definition) is 5. The zero-order chi connectivity index (χ0) is 27.7. The quantitative estimate of drug-likeness (QED) is 0.283. The minimum atomic E-state index is -0.605. The van der Waals surface area contributed by atoms with E-state index < -0.39 is 11.9 Å². The van der Waals surface area contributed by atoms with E-state index in [9.17, 15) is 14.4 Å². The number of methoxy groups -OCH3 is 1.